The molecule has 1 heterocycles. The topological polar surface area (TPSA) is 103 Å². The molecular weight excluding hydrogens is 335 g/mol. The molecule has 2 unspecified atom stereocenters. The summed E-state index contributed by atoms with van der Waals surface area (Å²) in [5.41, 5.74) is 10.8. The number of hydrogen-bond acceptors (Lipinski definition) is 3. The second-order valence-corrected chi connectivity index (χ2v) is 3.88. The lowest BCUT2D eigenvalue weighted by molar-refractivity contribution is -0.128. The van der Waals surface area contributed by atoms with Gasteiger partial charge < -0.3 is 21.5 Å². The Bertz CT molecular complexity index is 273. The van der Waals surface area contributed by atoms with Gasteiger partial charge in [-0.3, -0.25) is 9.79 Å². The lowest BCUT2D eigenvalue weighted by atomic mass is 10.2. The number of carbonyl (C=O) groups is 1. The molecule has 0 saturated carbocycles. The normalized spacial score (nSPS) is 24.2. The van der Waals surface area contributed by atoms with E-state index in [1.54, 1.807) is 0 Å². The van der Waals surface area contributed by atoms with Crippen molar-refractivity contribution in [3.05, 3.63) is 0 Å². The summed E-state index contributed by atoms with van der Waals surface area (Å²) in [6, 6.07) is 0. The Hall–Kier alpha value is -0.570. The van der Waals surface area contributed by atoms with Crippen LogP contribution in [-0.2, 0) is 9.53 Å². The first kappa shape index (κ1) is 16.4. The van der Waals surface area contributed by atoms with E-state index in [-0.39, 0.29) is 30.1 Å². The highest BCUT2D eigenvalue weighted by Crippen LogP contribution is 2.19. The van der Waals surface area contributed by atoms with Gasteiger partial charge in [-0.2, -0.15) is 0 Å². The molecule has 2 atom stereocenters. The molecule has 0 bridgehead atoms. The summed E-state index contributed by atoms with van der Waals surface area (Å²) in [7, 11) is 0. The van der Waals surface area contributed by atoms with Crippen LogP contribution in [0.2, 0.25) is 0 Å². The van der Waals surface area contributed by atoms with Crippen LogP contribution in [0.3, 0.4) is 0 Å². The molecule has 7 heteroatoms. The predicted molar refractivity (Wildman–Crippen MR) is 77.3 cm³/mol. The van der Waals surface area contributed by atoms with Crippen molar-refractivity contribution in [3.8, 4) is 0 Å². The van der Waals surface area contributed by atoms with Crippen molar-refractivity contribution in [1.29, 1.82) is 0 Å². The number of guanidine groups is 1. The largest absolute Gasteiger partial charge is 0.370 e. The second-order valence-electron chi connectivity index (χ2n) is 3.88. The molecule has 0 aromatic rings. The monoisotopic (exact) mass is 356 g/mol. The molecule has 0 aromatic heterocycles. The molecule has 0 radical (unpaired) electrons. The van der Waals surface area contributed by atoms with E-state index in [1.807, 2.05) is 0 Å². The first-order valence-corrected chi connectivity index (χ1v) is 5.62. The Morgan fingerprint density at radius 1 is 1.47 bits per heavy atom. The maximum Gasteiger partial charge on any atom is 0.246 e. The fraction of sp³-hybridized carbons (Fsp3) is 0.800. The summed E-state index contributed by atoms with van der Waals surface area (Å²) in [4.78, 5) is 15.0. The lowest BCUT2D eigenvalue weighted by Crippen LogP contribution is -2.33. The van der Waals surface area contributed by atoms with E-state index < -0.39 is 12.0 Å². The highest BCUT2D eigenvalue weighted by Gasteiger charge is 2.28. The molecule has 0 spiro atoms. The molecule has 6 nitrogen and oxygen atoms in total. The van der Waals surface area contributed by atoms with Gasteiger partial charge in [0.15, 0.2) is 5.96 Å². The van der Waals surface area contributed by atoms with Crippen LogP contribution in [0.4, 0.5) is 0 Å². The SMILES string of the molecule is CCCNC(N)=NCC1CCC(C(N)=O)O1.I. The summed E-state index contributed by atoms with van der Waals surface area (Å²) >= 11 is 0. The van der Waals surface area contributed by atoms with Crippen molar-refractivity contribution < 1.29 is 9.53 Å². The number of hydrogen-bond donors (Lipinski definition) is 3. The van der Waals surface area contributed by atoms with Gasteiger partial charge in [0.05, 0.1) is 12.6 Å². The van der Waals surface area contributed by atoms with E-state index in [2.05, 4.69) is 17.2 Å². The molecule has 5 N–H and O–H groups in total. The Morgan fingerprint density at radius 2 is 2.18 bits per heavy atom. The van der Waals surface area contributed by atoms with E-state index in [4.69, 9.17) is 16.2 Å². The van der Waals surface area contributed by atoms with Crippen molar-refractivity contribution in [2.24, 2.45) is 16.5 Å². The molecule has 100 valence electrons. The van der Waals surface area contributed by atoms with Crippen LogP contribution in [0.25, 0.3) is 0 Å². The smallest absolute Gasteiger partial charge is 0.246 e. The number of nitrogens with two attached hydrogens (primary N) is 2. The lowest BCUT2D eigenvalue weighted by Gasteiger charge is -2.09. The summed E-state index contributed by atoms with van der Waals surface area (Å²) < 4.78 is 5.41. The van der Waals surface area contributed by atoms with Crippen LogP contribution < -0.4 is 16.8 Å². The summed E-state index contributed by atoms with van der Waals surface area (Å²) in [5, 5.41) is 2.97. The number of aliphatic imine (C=N–C) groups is 1. The molecule has 1 amide bonds. The summed E-state index contributed by atoms with van der Waals surface area (Å²) in [6.07, 6.45) is 1.99. The third kappa shape index (κ3) is 6.06. The van der Waals surface area contributed by atoms with Gasteiger partial charge in [-0.1, -0.05) is 6.92 Å². The van der Waals surface area contributed by atoms with Crippen LogP contribution in [0.1, 0.15) is 26.2 Å². The third-order valence-corrected chi connectivity index (χ3v) is 2.45. The minimum absolute atomic E-state index is 0. The Morgan fingerprint density at radius 3 is 2.71 bits per heavy atom. The predicted octanol–water partition coefficient (Wildman–Crippen LogP) is -0.0484. The zero-order chi connectivity index (χ0) is 12.0. The standard InChI is InChI=1S/C10H20N4O2.HI/c1-2-5-13-10(12)14-6-7-3-4-8(16-7)9(11)15;/h7-8H,2-6H2,1H3,(H2,11,15)(H3,12,13,14);1H. The van der Waals surface area contributed by atoms with Gasteiger partial charge in [0.1, 0.15) is 6.10 Å². The third-order valence-electron chi connectivity index (χ3n) is 2.45. The van der Waals surface area contributed by atoms with Crippen molar-refractivity contribution in [2.75, 3.05) is 13.1 Å². The molecule has 1 aliphatic heterocycles. The van der Waals surface area contributed by atoms with Crippen LogP contribution in [-0.4, -0.2) is 37.2 Å². The Balaban J connectivity index is 0.00000256. The minimum atomic E-state index is -0.454. The summed E-state index contributed by atoms with van der Waals surface area (Å²) in [6.45, 7) is 3.34. The van der Waals surface area contributed by atoms with Crippen molar-refractivity contribution in [3.63, 3.8) is 0 Å². The number of rotatable bonds is 5. The molecule has 0 aliphatic carbocycles. The zero-order valence-corrected chi connectivity index (χ0v) is 12.3. The fourth-order valence-electron chi connectivity index (χ4n) is 1.56. The number of amides is 1. The molecule has 17 heavy (non-hydrogen) atoms. The minimum Gasteiger partial charge on any atom is -0.370 e. The van der Waals surface area contributed by atoms with E-state index in [0.717, 1.165) is 19.4 Å². The molecule has 1 aliphatic rings. The molecular formula is C10H21IN4O2. The van der Waals surface area contributed by atoms with Gasteiger partial charge in [0.25, 0.3) is 0 Å². The van der Waals surface area contributed by atoms with Gasteiger partial charge in [0, 0.05) is 6.54 Å². The fourth-order valence-corrected chi connectivity index (χ4v) is 1.56. The second kappa shape index (κ2) is 8.51. The number of nitrogens with one attached hydrogen (secondary N) is 1. The van der Waals surface area contributed by atoms with Crippen molar-refractivity contribution in [1.82, 2.24) is 5.32 Å². The summed E-state index contributed by atoms with van der Waals surface area (Å²) in [5.74, 6) is 0.0246. The van der Waals surface area contributed by atoms with Crippen molar-refractivity contribution >= 4 is 35.8 Å². The maximum absolute atomic E-state index is 10.9. The van der Waals surface area contributed by atoms with E-state index in [0.29, 0.717) is 18.9 Å². The van der Waals surface area contributed by atoms with Gasteiger partial charge >= 0.3 is 0 Å². The van der Waals surface area contributed by atoms with Crippen molar-refractivity contribution in [2.45, 2.75) is 38.4 Å². The van der Waals surface area contributed by atoms with E-state index in [9.17, 15) is 4.79 Å². The Labute approximate surface area is 119 Å². The Kier molecular flexibility index (Phi) is 8.23. The number of ether oxygens (including phenoxy) is 1. The van der Waals surface area contributed by atoms with Crippen LogP contribution in [0, 0.1) is 0 Å². The van der Waals surface area contributed by atoms with Crippen LogP contribution in [0.5, 0.6) is 0 Å². The molecule has 1 saturated heterocycles. The number of carbonyl (C=O) groups excluding carboxylic acids is 1. The molecule has 1 rings (SSSR count). The highest BCUT2D eigenvalue weighted by atomic mass is 127. The average Bonchev–Trinajstić information content (AvgIpc) is 2.72. The number of primary amides is 1. The number of halogens is 1. The van der Waals surface area contributed by atoms with E-state index >= 15 is 0 Å². The van der Waals surface area contributed by atoms with Crippen LogP contribution in [0.15, 0.2) is 4.99 Å². The van der Waals surface area contributed by atoms with Crippen LogP contribution >= 0.6 is 24.0 Å². The first-order chi connectivity index (χ1) is 7.63. The van der Waals surface area contributed by atoms with Gasteiger partial charge in [0.2, 0.25) is 5.91 Å². The number of nitrogens with zero attached hydrogens (tertiary/aromatic N) is 1. The van der Waals surface area contributed by atoms with Gasteiger partial charge in [-0.05, 0) is 19.3 Å². The highest BCUT2D eigenvalue weighted by molar-refractivity contribution is 14.0. The van der Waals surface area contributed by atoms with E-state index in [1.165, 1.54) is 0 Å². The maximum atomic E-state index is 10.9. The molecule has 0 aromatic carbocycles. The quantitative estimate of drug-likeness (QED) is 0.365. The van der Waals surface area contributed by atoms with Gasteiger partial charge in [-0.25, -0.2) is 0 Å². The first-order valence-electron chi connectivity index (χ1n) is 5.62. The zero-order valence-electron chi connectivity index (χ0n) is 10.0. The van der Waals surface area contributed by atoms with Gasteiger partial charge in [-0.15, -0.1) is 24.0 Å². The molecule has 1 fully saturated rings. The average molecular weight is 356 g/mol.